The van der Waals surface area contributed by atoms with E-state index < -0.39 is 6.04 Å². The maximum absolute atomic E-state index is 13.2. The fourth-order valence-electron chi connectivity index (χ4n) is 4.24. The lowest BCUT2D eigenvalue weighted by Gasteiger charge is -2.28. The molecule has 2 N–H and O–H groups in total. The lowest BCUT2D eigenvalue weighted by molar-refractivity contribution is -0.118. The molecule has 1 unspecified atom stereocenters. The summed E-state index contributed by atoms with van der Waals surface area (Å²) in [6.45, 7) is 5.31. The summed E-state index contributed by atoms with van der Waals surface area (Å²) in [4.78, 5) is 28.3. The van der Waals surface area contributed by atoms with E-state index in [0.717, 1.165) is 50.4 Å². The number of para-hydroxylation sites is 1. The second-order valence-corrected chi connectivity index (χ2v) is 8.85. The Balaban J connectivity index is 0.00000241. The van der Waals surface area contributed by atoms with Crippen LogP contribution in [0.15, 0.2) is 78.9 Å². The standard InChI is InChI=1S/C29H33N3O3.2H2/c1-22-8-5-6-12-26(22)30-29(34)27(31-28(33)24-10-3-2-4-11-24)13-7-9-23-14-16-25(17-15-23)32-18-20-35-21-19-32;;/h2-6,8,10-12,14-17,27H,7,9,13,18-21H2,1H3,(H,30,34)(H,31,33);2*1H. The van der Waals surface area contributed by atoms with Gasteiger partial charge in [-0.25, -0.2) is 0 Å². The van der Waals surface area contributed by atoms with E-state index in [1.54, 1.807) is 12.1 Å². The van der Waals surface area contributed by atoms with Crippen LogP contribution >= 0.6 is 0 Å². The summed E-state index contributed by atoms with van der Waals surface area (Å²) in [6.07, 6.45) is 2.15. The zero-order valence-corrected chi connectivity index (χ0v) is 20.2. The molecule has 3 aromatic rings. The third-order valence-corrected chi connectivity index (χ3v) is 6.33. The summed E-state index contributed by atoms with van der Waals surface area (Å²) in [7, 11) is 0. The van der Waals surface area contributed by atoms with Crippen molar-refractivity contribution in [3.05, 3.63) is 95.6 Å². The van der Waals surface area contributed by atoms with Gasteiger partial charge in [0.15, 0.2) is 0 Å². The van der Waals surface area contributed by atoms with Gasteiger partial charge in [0.2, 0.25) is 5.91 Å². The molecule has 6 heteroatoms. The van der Waals surface area contributed by atoms with Crippen molar-refractivity contribution < 1.29 is 17.2 Å². The van der Waals surface area contributed by atoms with E-state index in [0.29, 0.717) is 12.0 Å². The topological polar surface area (TPSA) is 70.7 Å². The first-order chi connectivity index (χ1) is 17.1. The number of aryl methyl sites for hydroxylation is 2. The molecule has 1 heterocycles. The number of hydrogen-bond donors (Lipinski definition) is 2. The minimum atomic E-state index is -0.630. The number of morpholine rings is 1. The first-order valence-electron chi connectivity index (χ1n) is 12.2. The van der Waals surface area contributed by atoms with Crippen molar-refractivity contribution in [1.82, 2.24) is 5.32 Å². The van der Waals surface area contributed by atoms with Gasteiger partial charge in [0.1, 0.15) is 6.04 Å². The third kappa shape index (κ3) is 6.93. The van der Waals surface area contributed by atoms with Gasteiger partial charge in [-0.3, -0.25) is 9.59 Å². The molecule has 1 atom stereocenters. The third-order valence-electron chi connectivity index (χ3n) is 6.33. The summed E-state index contributed by atoms with van der Waals surface area (Å²) in [5.74, 6) is -0.448. The number of anilines is 2. The number of benzene rings is 3. The molecule has 186 valence electrons. The van der Waals surface area contributed by atoms with Gasteiger partial charge in [-0.05, 0) is 67.6 Å². The molecule has 0 aliphatic carbocycles. The Hall–Kier alpha value is -3.64. The molecule has 0 saturated carbocycles. The predicted molar refractivity (Wildman–Crippen MR) is 144 cm³/mol. The summed E-state index contributed by atoms with van der Waals surface area (Å²) in [5, 5.41) is 5.93. The molecule has 1 fully saturated rings. The maximum atomic E-state index is 13.2. The lowest BCUT2D eigenvalue weighted by atomic mass is 10.0. The molecule has 4 rings (SSSR count). The van der Waals surface area contributed by atoms with Gasteiger partial charge in [-0.1, -0.05) is 48.5 Å². The quantitative estimate of drug-likeness (QED) is 0.453. The number of nitrogens with one attached hydrogen (secondary N) is 2. The molecule has 35 heavy (non-hydrogen) atoms. The number of carbonyl (C=O) groups excluding carboxylic acids is 2. The molecule has 6 nitrogen and oxygen atoms in total. The van der Waals surface area contributed by atoms with Gasteiger partial charge >= 0.3 is 0 Å². The van der Waals surface area contributed by atoms with Crippen molar-refractivity contribution in [3.63, 3.8) is 0 Å². The normalized spacial score (nSPS) is 14.3. The number of nitrogens with zero attached hydrogens (tertiary/aromatic N) is 1. The van der Waals surface area contributed by atoms with Crippen molar-refractivity contribution in [1.29, 1.82) is 0 Å². The van der Waals surface area contributed by atoms with E-state index in [4.69, 9.17) is 4.74 Å². The highest BCUT2D eigenvalue weighted by atomic mass is 16.5. The molecule has 2 amide bonds. The molecule has 3 aromatic carbocycles. The fourth-order valence-corrected chi connectivity index (χ4v) is 4.24. The summed E-state index contributed by atoms with van der Waals surface area (Å²) in [5.41, 5.74) is 4.71. The van der Waals surface area contributed by atoms with Crippen molar-refractivity contribution in [2.75, 3.05) is 36.5 Å². The molecule has 1 aliphatic rings. The van der Waals surface area contributed by atoms with Crippen LogP contribution in [0, 0.1) is 6.92 Å². The zero-order chi connectivity index (χ0) is 24.5. The molecule has 0 bridgehead atoms. The van der Waals surface area contributed by atoms with Crippen LogP contribution in [-0.4, -0.2) is 44.2 Å². The van der Waals surface area contributed by atoms with E-state index in [-0.39, 0.29) is 14.7 Å². The monoisotopic (exact) mass is 475 g/mol. The minimum absolute atomic E-state index is 0. The molecule has 0 radical (unpaired) electrons. The molecule has 1 saturated heterocycles. The van der Waals surface area contributed by atoms with Gasteiger partial charge in [0.05, 0.1) is 13.2 Å². The van der Waals surface area contributed by atoms with E-state index in [1.165, 1.54) is 11.3 Å². The minimum Gasteiger partial charge on any atom is -0.378 e. The smallest absolute Gasteiger partial charge is 0.251 e. The highest BCUT2D eigenvalue weighted by Crippen LogP contribution is 2.19. The van der Waals surface area contributed by atoms with Crippen molar-refractivity contribution >= 4 is 23.2 Å². The maximum Gasteiger partial charge on any atom is 0.251 e. The second kappa shape index (κ2) is 12.2. The van der Waals surface area contributed by atoms with Crippen molar-refractivity contribution in [2.24, 2.45) is 0 Å². The molecular weight excluding hydrogens is 438 g/mol. The number of rotatable bonds is 9. The van der Waals surface area contributed by atoms with Crippen LogP contribution in [0.2, 0.25) is 0 Å². The number of ether oxygens (including phenoxy) is 1. The SMILES string of the molecule is Cc1ccccc1NC(=O)C(CCCc1ccc(N2CCOCC2)cc1)NC(=O)c1ccccc1.[HH].[HH]. The molecule has 1 aliphatic heterocycles. The van der Waals surface area contributed by atoms with Crippen LogP contribution < -0.4 is 15.5 Å². The Morgan fingerprint density at radius 2 is 1.63 bits per heavy atom. The van der Waals surface area contributed by atoms with E-state index in [2.05, 4.69) is 39.8 Å². The number of carbonyl (C=O) groups is 2. The highest BCUT2D eigenvalue weighted by Gasteiger charge is 2.22. The zero-order valence-electron chi connectivity index (χ0n) is 20.2. The van der Waals surface area contributed by atoms with Crippen LogP contribution in [0.5, 0.6) is 0 Å². The number of amides is 2. The van der Waals surface area contributed by atoms with Gasteiger partial charge in [0.25, 0.3) is 5.91 Å². The predicted octanol–water partition coefficient (Wildman–Crippen LogP) is 5.08. The number of hydrogen-bond acceptors (Lipinski definition) is 4. The Morgan fingerprint density at radius 1 is 0.943 bits per heavy atom. The average molecular weight is 476 g/mol. The van der Waals surface area contributed by atoms with Crippen LogP contribution in [0.25, 0.3) is 0 Å². The van der Waals surface area contributed by atoms with Gasteiger partial charge in [-0.2, -0.15) is 0 Å². The molecule has 0 spiro atoms. The van der Waals surface area contributed by atoms with Crippen molar-refractivity contribution in [2.45, 2.75) is 32.2 Å². The van der Waals surface area contributed by atoms with Gasteiger partial charge in [-0.15, -0.1) is 0 Å². The molecular formula is C29H37N3O3. The van der Waals surface area contributed by atoms with E-state index >= 15 is 0 Å². The van der Waals surface area contributed by atoms with Gasteiger partial charge < -0.3 is 20.3 Å². The summed E-state index contributed by atoms with van der Waals surface area (Å²) in [6, 6.07) is 24.6. The van der Waals surface area contributed by atoms with E-state index in [1.807, 2.05) is 49.4 Å². The largest absolute Gasteiger partial charge is 0.378 e. The van der Waals surface area contributed by atoms with Crippen LogP contribution in [0.3, 0.4) is 0 Å². The highest BCUT2D eigenvalue weighted by molar-refractivity contribution is 6.01. The van der Waals surface area contributed by atoms with Crippen LogP contribution in [-0.2, 0) is 16.0 Å². The lowest BCUT2D eigenvalue weighted by Crippen LogP contribution is -2.44. The molecule has 0 aromatic heterocycles. The van der Waals surface area contributed by atoms with Gasteiger partial charge in [0, 0.05) is 32.9 Å². The summed E-state index contributed by atoms with van der Waals surface area (Å²) >= 11 is 0. The Labute approximate surface area is 210 Å². The first kappa shape index (κ1) is 24.5. The summed E-state index contributed by atoms with van der Waals surface area (Å²) < 4.78 is 5.44. The Bertz CT molecular complexity index is 1120. The van der Waals surface area contributed by atoms with E-state index in [9.17, 15) is 9.59 Å². The average Bonchev–Trinajstić information content (AvgIpc) is 2.90. The van der Waals surface area contributed by atoms with Crippen LogP contribution in [0.1, 0.15) is 37.2 Å². The fraction of sp³-hybridized carbons (Fsp3) is 0.310. The van der Waals surface area contributed by atoms with Crippen molar-refractivity contribution in [3.8, 4) is 0 Å². The Kier molecular flexibility index (Phi) is 8.52. The first-order valence-corrected chi connectivity index (χ1v) is 12.2. The van der Waals surface area contributed by atoms with Crippen LogP contribution in [0.4, 0.5) is 11.4 Å². The Morgan fingerprint density at radius 3 is 2.34 bits per heavy atom. The second-order valence-electron chi connectivity index (χ2n) is 8.85.